The second kappa shape index (κ2) is 10.8. The maximum absolute atomic E-state index is 13.0. The van der Waals surface area contributed by atoms with Crippen LogP contribution in [-0.2, 0) is 14.3 Å². The highest BCUT2D eigenvalue weighted by molar-refractivity contribution is 8.16. The Morgan fingerprint density at radius 3 is 2.52 bits per heavy atom. The van der Waals surface area contributed by atoms with Crippen LogP contribution in [-0.4, -0.2) is 49.3 Å². The molecule has 178 valence electrons. The van der Waals surface area contributed by atoms with E-state index in [-0.39, 0.29) is 18.4 Å². The topological polar surface area (TPSA) is 89.5 Å². The van der Waals surface area contributed by atoms with Crippen molar-refractivity contribution in [3.05, 3.63) is 46.1 Å². The third-order valence-corrected chi connectivity index (χ3v) is 6.60. The third-order valence-electron chi connectivity index (χ3n) is 5.71. The zero-order valence-corrected chi connectivity index (χ0v) is 20.7. The van der Waals surface area contributed by atoms with Crippen molar-refractivity contribution in [2.75, 3.05) is 21.3 Å². The van der Waals surface area contributed by atoms with E-state index in [2.05, 4.69) is 5.32 Å². The molecule has 33 heavy (non-hydrogen) atoms. The highest BCUT2D eigenvalue weighted by Crippen LogP contribution is 2.46. The number of ether oxygens (including phenoxy) is 3. The third kappa shape index (κ3) is 5.03. The number of nitrogens with one attached hydrogen (secondary N) is 1. The molecule has 1 aromatic rings. The number of esters is 1. The summed E-state index contributed by atoms with van der Waals surface area (Å²) in [6, 6.07) is 5.12. The van der Waals surface area contributed by atoms with Crippen molar-refractivity contribution >= 4 is 28.8 Å². The summed E-state index contributed by atoms with van der Waals surface area (Å²) in [6.07, 6.45) is 1.59. The van der Waals surface area contributed by atoms with E-state index in [1.165, 1.54) is 18.9 Å². The molecule has 9 heteroatoms. The van der Waals surface area contributed by atoms with Crippen LogP contribution in [0.3, 0.4) is 0 Å². The molecule has 0 bridgehead atoms. The lowest BCUT2D eigenvalue weighted by Crippen LogP contribution is -2.39. The van der Waals surface area contributed by atoms with Gasteiger partial charge in [0.25, 0.3) is 0 Å². The number of rotatable bonds is 9. The lowest BCUT2D eigenvalue weighted by Gasteiger charge is -2.36. The van der Waals surface area contributed by atoms with Crippen LogP contribution in [0.4, 0.5) is 0 Å². The number of carbonyl (C=O) groups is 2. The normalized spacial score (nSPS) is 18.2. The minimum absolute atomic E-state index is 0.0756. The molecule has 0 aliphatic carbocycles. The maximum Gasteiger partial charge on any atom is 0.338 e. The van der Waals surface area contributed by atoms with Crippen LogP contribution in [0.15, 0.2) is 45.6 Å². The van der Waals surface area contributed by atoms with Gasteiger partial charge in [0.05, 0.1) is 45.1 Å². The van der Waals surface area contributed by atoms with Gasteiger partial charge in [0.15, 0.2) is 16.7 Å². The van der Waals surface area contributed by atoms with E-state index in [9.17, 15) is 9.59 Å². The summed E-state index contributed by atoms with van der Waals surface area (Å²) in [7, 11) is 4.51. The summed E-state index contributed by atoms with van der Waals surface area (Å²) in [5, 5.41) is 5.66. The van der Waals surface area contributed by atoms with Gasteiger partial charge in [-0.25, -0.2) is 9.79 Å². The Balaban J connectivity index is 2.09. The van der Waals surface area contributed by atoms with Gasteiger partial charge in [-0.05, 0) is 42.9 Å². The Kier molecular flexibility index (Phi) is 8.07. The van der Waals surface area contributed by atoms with Crippen molar-refractivity contribution in [3.8, 4) is 11.5 Å². The van der Waals surface area contributed by atoms with Crippen molar-refractivity contribution in [2.24, 2.45) is 4.99 Å². The number of amides is 1. The lowest BCUT2D eigenvalue weighted by atomic mass is 9.92. The SMILES string of the molecule is CCC1=C(C(=O)OC)[C@H](c2ccc(OC)c(OC)c2)N2C(CC(=O)N[C@@H](C)CC)=CSC2=N1. The smallest absolute Gasteiger partial charge is 0.338 e. The van der Waals surface area contributed by atoms with E-state index < -0.39 is 12.0 Å². The zero-order valence-electron chi connectivity index (χ0n) is 19.9. The van der Waals surface area contributed by atoms with E-state index in [0.717, 1.165) is 22.8 Å². The summed E-state index contributed by atoms with van der Waals surface area (Å²) in [6.45, 7) is 5.95. The highest BCUT2D eigenvalue weighted by atomic mass is 32.2. The van der Waals surface area contributed by atoms with E-state index in [4.69, 9.17) is 19.2 Å². The second-order valence-electron chi connectivity index (χ2n) is 7.77. The van der Waals surface area contributed by atoms with Gasteiger partial charge in [-0.15, -0.1) is 0 Å². The molecule has 0 aromatic heterocycles. The number of amidine groups is 1. The molecule has 0 unspecified atom stereocenters. The molecular formula is C24H31N3O5S. The van der Waals surface area contributed by atoms with Gasteiger partial charge in [-0.3, -0.25) is 4.79 Å². The standard InChI is InChI=1S/C24H31N3O5S/c1-7-14(3)25-20(28)12-16-13-33-24-26-17(8-2)21(23(29)32-6)22(27(16)24)15-9-10-18(30-4)19(11-15)31-5/h9-11,13-14,22H,7-8,12H2,1-6H3,(H,25,28)/t14-,22-/m0/s1. The molecule has 0 radical (unpaired) electrons. The Morgan fingerprint density at radius 2 is 1.91 bits per heavy atom. The molecule has 8 nitrogen and oxygen atoms in total. The summed E-state index contributed by atoms with van der Waals surface area (Å²) >= 11 is 1.45. The number of methoxy groups -OCH3 is 3. The number of hydrogen-bond donors (Lipinski definition) is 1. The van der Waals surface area contributed by atoms with Gasteiger partial charge >= 0.3 is 5.97 Å². The number of thioether (sulfide) groups is 1. The monoisotopic (exact) mass is 473 g/mol. The number of carbonyl (C=O) groups excluding carboxylic acids is 2. The van der Waals surface area contributed by atoms with Gasteiger partial charge in [0.2, 0.25) is 5.91 Å². The molecule has 0 saturated heterocycles. The Hall–Kier alpha value is -2.94. The molecular weight excluding hydrogens is 442 g/mol. The average molecular weight is 474 g/mol. The summed E-state index contributed by atoms with van der Waals surface area (Å²) in [5.74, 6) is 0.612. The van der Waals surface area contributed by atoms with Crippen LogP contribution < -0.4 is 14.8 Å². The zero-order chi connectivity index (χ0) is 24.1. The predicted molar refractivity (Wildman–Crippen MR) is 129 cm³/mol. The van der Waals surface area contributed by atoms with Crippen LogP contribution in [0.1, 0.15) is 51.6 Å². The van der Waals surface area contributed by atoms with Gasteiger partial charge in [0, 0.05) is 11.7 Å². The molecule has 0 spiro atoms. The van der Waals surface area contributed by atoms with E-state index in [1.807, 2.05) is 49.3 Å². The number of fused-ring (bicyclic) bond motifs is 1. The molecule has 2 atom stereocenters. The molecule has 0 saturated carbocycles. The minimum Gasteiger partial charge on any atom is -0.493 e. The number of allylic oxidation sites excluding steroid dienone is 1. The summed E-state index contributed by atoms with van der Waals surface area (Å²) in [4.78, 5) is 32.4. The first-order valence-corrected chi connectivity index (χ1v) is 11.8. The fraction of sp³-hybridized carbons (Fsp3) is 0.458. The fourth-order valence-corrected chi connectivity index (χ4v) is 4.78. The van der Waals surface area contributed by atoms with Crippen LogP contribution in [0.2, 0.25) is 0 Å². The van der Waals surface area contributed by atoms with Gasteiger partial charge in [-0.2, -0.15) is 0 Å². The van der Waals surface area contributed by atoms with Crippen molar-refractivity contribution in [1.29, 1.82) is 0 Å². The number of benzene rings is 1. The maximum atomic E-state index is 13.0. The molecule has 0 fully saturated rings. The van der Waals surface area contributed by atoms with Gasteiger partial charge < -0.3 is 24.4 Å². The Morgan fingerprint density at radius 1 is 1.18 bits per heavy atom. The number of hydrogen-bond acceptors (Lipinski definition) is 8. The van der Waals surface area contributed by atoms with Crippen molar-refractivity contribution < 1.29 is 23.8 Å². The second-order valence-corrected chi connectivity index (χ2v) is 8.60. The highest BCUT2D eigenvalue weighted by Gasteiger charge is 2.41. The van der Waals surface area contributed by atoms with Crippen LogP contribution in [0.25, 0.3) is 0 Å². The van der Waals surface area contributed by atoms with E-state index in [1.54, 1.807) is 14.2 Å². The molecule has 2 aliphatic heterocycles. The lowest BCUT2D eigenvalue weighted by molar-refractivity contribution is -0.136. The molecule has 1 aromatic carbocycles. The van der Waals surface area contributed by atoms with E-state index in [0.29, 0.717) is 29.2 Å². The van der Waals surface area contributed by atoms with E-state index >= 15 is 0 Å². The van der Waals surface area contributed by atoms with Crippen molar-refractivity contribution in [3.63, 3.8) is 0 Å². The van der Waals surface area contributed by atoms with Crippen molar-refractivity contribution in [1.82, 2.24) is 10.2 Å². The Labute approximate surface area is 199 Å². The first-order valence-electron chi connectivity index (χ1n) is 10.9. The quantitative estimate of drug-likeness (QED) is 0.539. The number of nitrogens with zero attached hydrogens (tertiary/aromatic N) is 2. The average Bonchev–Trinajstić information content (AvgIpc) is 3.23. The largest absolute Gasteiger partial charge is 0.493 e. The van der Waals surface area contributed by atoms with Crippen LogP contribution >= 0.6 is 11.8 Å². The molecule has 2 heterocycles. The van der Waals surface area contributed by atoms with Gasteiger partial charge in [0.1, 0.15) is 0 Å². The first kappa shape index (κ1) is 24.7. The Bertz CT molecular complexity index is 1020. The fourth-order valence-electron chi connectivity index (χ4n) is 3.84. The molecule has 2 aliphatic rings. The number of aliphatic imine (C=N–C) groups is 1. The van der Waals surface area contributed by atoms with Crippen LogP contribution in [0, 0.1) is 0 Å². The molecule has 1 N–H and O–H groups in total. The minimum atomic E-state index is -0.516. The summed E-state index contributed by atoms with van der Waals surface area (Å²) < 4.78 is 16.1. The first-order chi connectivity index (χ1) is 15.9. The molecule has 1 amide bonds. The van der Waals surface area contributed by atoms with Crippen LogP contribution in [0.5, 0.6) is 11.5 Å². The summed E-state index contributed by atoms with van der Waals surface area (Å²) in [5.41, 5.74) is 2.70. The molecule has 3 rings (SSSR count). The van der Waals surface area contributed by atoms with Gasteiger partial charge in [-0.1, -0.05) is 31.7 Å². The van der Waals surface area contributed by atoms with Crippen molar-refractivity contribution in [2.45, 2.75) is 52.1 Å². The predicted octanol–water partition coefficient (Wildman–Crippen LogP) is 4.15.